The molecule has 0 fully saturated rings. The Balaban J connectivity index is 2.31. The van der Waals surface area contributed by atoms with Crippen molar-refractivity contribution in [2.24, 2.45) is 4.40 Å². The molecule has 0 unspecified atom stereocenters. The highest BCUT2D eigenvalue weighted by Gasteiger charge is 2.12. The van der Waals surface area contributed by atoms with Gasteiger partial charge in [0.15, 0.2) is 5.49 Å². The van der Waals surface area contributed by atoms with Crippen LogP contribution in [0.25, 0.3) is 5.65 Å². The van der Waals surface area contributed by atoms with Crippen LogP contribution in [0.4, 0.5) is 0 Å². The van der Waals surface area contributed by atoms with Gasteiger partial charge in [0.05, 0.1) is 4.90 Å². The zero-order chi connectivity index (χ0) is 16.4. The van der Waals surface area contributed by atoms with Crippen molar-refractivity contribution < 1.29 is 8.42 Å². The second kappa shape index (κ2) is 6.17. The summed E-state index contributed by atoms with van der Waals surface area (Å²) in [4.78, 5) is 4.66. The van der Waals surface area contributed by atoms with Gasteiger partial charge in [0.1, 0.15) is 10.7 Å². The predicted molar refractivity (Wildman–Crippen MR) is 90.9 cm³/mol. The first kappa shape index (κ1) is 15.8. The number of fused-ring (bicyclic) bond motifs is 1. The van der Waals surface area contributed by atoms with Crippen molar-refractivity contribution in [3.8, 4) is 0 Å². The van der Waals surface area contributed by atoms with E-state index >= 15 is 0 Å². The van der Waals surface area contributed by atoms with Gasteiger partial charge in [-0.15, -0.1) is 16.2 Å². The molecule has 0 saturated carbocycles. The van der Waals surface area contributed by atoms with Crippen LogP contribution in [-0.2, 0) is 10.0 Å². The third-order valence-electron chi connectivity index (χ3n) is 3.28. The standard InChI is InChI=1S/C16H15N3O2S2/c1-12-8-9-19-14(10-12)17-16(22-2)11-15(19)18-23(20,21)13-6-4-3-5-7-13/h3-11H,1-2H3. The molecular weight excluding hydrogens is 330 g/mol. The average Bonchev–Trinajstić information content (AvgIpc) is 2.54. The maximum absolute atomic E-state index is 12.5. The third kappa shape index (κ3) is 3.30. The molecule has 0 bridgehead atoms. The highest BCUT2D eigenvalue weighted by atomic mass is 32.2. The molecule has 118 valence electrons. The van der Waals surface area contributed by atoms with Crippen molar-refractivity contribution in [1.29, 1.82) is 0 Å². The molecule has 0 N–H and O–H groups in total. The largest absolute Gasteiger partial charge is 0.285 e. The van der Waals surface area contributed by atoms with Crippen LogP contribution in [0.1, 0.15) is 5.56 Å². The normalized spacial score (nSPS) is 12.7. The summed E-state index contributed by atoms with van der Waals surface area (Å²) < 4.78 is 30.7. The Bertz CT molecular complexity index is 1030. The Morgan fingerprint density at radius 3 is 2.57 bits per heavy atom. The molecule has 7 heteroatoms. The van der Waals surface area contributed by atoms with Gasteiger partial charge in [-0.1, -0.05) is 18.2 Å². The summed E-state index contributed by atoms with van der Waals surface area (Å²) in [6, 6.07) is 13.7. The Morgan fingerprint density at radius 2 is 1.87 bits per heavy atom. The molecule has 2 aromatic heterocycles. The summed E-state index contributed by atoms with van der Waals surface area (Å²) in [6.07, 6.45) is 3.67. The van der Waals surface area contributed by atoms with Crippen LogP contribution in [0.3, 0.4) is 0 Å². The molecule has 0 saturated heterocycles. The molecule has 23 heavy (non-hydrogen) atoms. The van der Waals surface area contributed by atoms with E-state index in [1.165, 1.54) is 23.9 Å². The first-order chi connectivity index (χ1) is 11.0. The number of nitrogens with zero attached hydrogens (tertiary/aromatic N) is 3. The molecular formula is C16H15N3O2S2. The van der Waals surface area contributed by atoms with Gasteiger partial charge in [0.2, 0.25) is 0 Å². The molecule has 2 heterocycles. The minimum absolute atomic E-state index is 0.170. The van der Waals surface area contributed by atoms with Crippen molar-refractivity contribution in [2.45, 2.75) is 16.8 Å². The molecule has 3 aromatic rings. The maximum atomic E-state index is 12.5. The van der Waals surface area contributed by atoms with Gasteiger partial charge in [-0.3, -0.25) is 4.40 Å². The van der Waals surface area contributed by atoms with Gasteiger partial charge in [-0.25, -0.2) is 4.98 Å². The van der Waals surface area contributed by atoms with E-state index in [4.69, 9.17) is 0 Å². The van der Waals surface area contributed by atoms with E-state index in [2.05, 4.69) is 9.38 Å². The quantitative estimate of drug-likeness (QED) is 0.541. The topological polar surface area (TPSA) is 63.8 Å². The van der Waals surface area contributed by atoms with Crippen molar-refractivity contribution in [3.05, 3.63) is 65.8 Å². The monoisotopic (exact) mass is 345 g/mol. The zero-order valence-electron chi connectivity index (χ0n) is 12.7. The molecule has 0 amide bonds. The van der Waals surface area contributed by atoms with Gasteiger partial charge in [-0.2, -0.15) is 8.42 Å². The number of rotatable bonds is 3. The van der Waals surface area contributed by atoms with E-state index in [0.717, 1.165) is 10.6 Å². The Labute approximate surface area is 138 Å². The SMILES string of the molecule is CSc1cc(=NS(=O)(=O)c2ccccc2)n2ccc(C)cc2n1. The lowest BCUT2D eigenvalue weighted by molar-refractivity contribution is 0.596. The third-order valence-corrected chi connectivity index (χ3v) is 5.20. The van der Waals surface area contributed by atoms with Crippen LogP contribution in [-0.4, -0.2) is 24.1 Å². The van der Waals surface area contributed by atoms with Gasteiger partial charge in [0, 0.05) is 12.3 Å². The Morgan fingerprint density at radius 1 is 1.13 bits per heavy atom. The van der Waals surface area contributed by atoms with Crippen LogP contribution in [0.2, 0.25) is 0 Å². The first-order valence-corrected chi connectivity index (χ1v) is 9.56. The zero-order valence-corrected chi connectivity index (χ0v) is 14.3. The second-order valence-electron chi connectivity index (χ2n) is 4.97. The molecule has 1 aromatic carbocycles. The van der Waals surface area contributed by atoms with Crippen LogP contribution < -0.4 is 5.49 Å². The molecule has 0 radical (unpaired) electrons. The summed E-state index contributed by atoms with van der Waals surface area (Å²) in [7, 11) is -3.77. The molecule has 0 aliphatic heterocycles. The van der Waals surface area contributed by atoms with Crippen molar-refractivity contribution >= 4 is 27.4 Å². The van der Waals surface area contributed by atoms with Gasteiger partial charge < -0.3 is 0 Å². The minimum atomic E-state index is -3.77. The molecule has 0 aliphatic rings. The lowest BCUT2D eigenvalue weighted by Crippen LogP contribution is -2.18. The smallest absolute Gasteiger partial charge is 0.284 e. The molecule has 0 atom stereocenters. The van der Waals surface area contributed by atoms with E-state index in [-0.39, 0.29) is 4.90 Å². The van der Waals surface area contributed by atoms with Gasteiger partial charge >= 0.3 is 0 Å². The summed E-state index contributed by atoms with van der Waals surface area (Å²) >= 11 is 1.45. The van der Waals surface area contributed by atoms with Crippen LogP contribution in [0.15, 0.2) is 69.0 Å². The number of aryl methyl sites for hydroxylation is 1. The minimum Gasteiger partial charge on any atom is -0.285 e. The lowest BCUT2D eigenvalue weighted by atomic mass is 10.3. The highest BCUT2D eigenvalue weighted by Crippen LogP contribution is 2.13. The van der Waals surface area contributed by atoms with Crippen LogP contribution >= 0.6 is 11.8 Å². The summed E-state index contributed by atoms with van der Waals surface area (Å²) in [5.41, 5.74) is 2.05. The van der Waals surface area contributed by atoms with E-state index in [1.807, 2.05) is 25.3 Å². The second-order valence-corrected chi connectivity index (χ2v) is 7.40. The number of benzene rings is 1. The fraction of sp³-hybridized carbons (Fsp3) is 0.125. The van der Waals surface area contributed by atoms with E-state index in [9.17, 15) is 8.42 Å². The summed E-state index contributed by atoms with van der Waals surface area (Å²) in [6.45, 7) is 1.96. The lowest BCUT2D eigenvalue weighted by Gasteiger charge is -2.06. The van der Waals surface area contributed by atoms with E-state index in [1.54, 1.807) is 34.9 Å². The van der Waals surface area contributed by atoms with Gasteiger partial charge in [0.25, 0.3) is 10.0 Å². The summed E-state index contributed by atoms with van der Waals surface area (Å²) in [5, 5.41) is 0.720. The number of hydrogen-bond donors (Lipinski definition) is 0. The maximum Gasteiger partial charge on any atom is 0.284 e. The molecule has 0 spiro atoms. The fourth-order valence-electron chi connectivity index (χ4n) is 2.14. The number of aromatic nitrogens is 2. The average molecular weight is 345 g/mol. The highest BCUT2D eigenvalue weighted by molar-refractivity contribution is 7.98. The first-order valence-electron chi connectivity index (χ1n) is 6.90. The van der Waals surface area contributed by atoms with Crippen molar-refractivity contribution in [3.63, 3.8) is 0 Å². The number of thioether (sulfide) groups is 1. The Kier molecular flexibility index (Phi) is 4.23. The van der Waals surface area contributed by atoms with E-state index in [0.29, 0.717) is 11.1 Å². The van der Waals surface area contributed by atoms with Crippen molar-refractivity contribution in [1.82, 2.24) is 9.38 Å². The molecule has 5 nitrogen and oxygen atoms in total. The van der Waals surface area contributed by atoms with Crippen LogP contribution in [0.5, 0.6) is 0 Å². The van der Waals surface area contributed by atoms with E-state index < -0.39 is 10.0 Å². The Hall–Kier alpha value is -2.12. The van der Waals surface area contributed by atoms with Gasteiger partial charge in [-0.05, 0) is 43.0 Å². The number of sulfonamides is 1. The predicted octanol–water partition coefficient (Wildman–Crippen LogP) is 2.65. The number of pyridine rings is 1. The molecule has 0 aliphatic carbocycles. The molecule has 3 rings (SSSR count). The van der Waals surface area contributed by atoms with Crippen LogP contribution in [0, 0.1) is 6.92 Å². The van der Waals surface area contributed by atoms with Crippen molar-refractivity contribution in [2.75, 3.05) is 6.26 Å². The summed E-state index contributed by atoms with van der Waals surface area (Å²) in [5.74, 6) is 0. The number of hydrogen-bond acceptors (Lipinski definition) is 4. The fourth-order valence-corrected chi connectivity index (χ4v) is 3.54.